The molecule has 0 aliphatic heterocycles. The molecule has 0 aromatic rings. The molecule has 0 aromatic carbocycles. The Morgan fingerprint density at radius 2 is 1.42 bits per heavy atom. The fourth-order valence-corrected chi connectivity index (χ4v) is 2.23. The van der Waals surface area contributed by atoms with E-state index in [4.69, 9.17) is 0 Å². The van der Waals surface area contributed by atoms with Crippen LogP contribution in [0, 0.1) is 17.8 Å². The Morgan fingerprint density at radius 3 is 1.96 bits per heavy atom. The molecule has 0 spiro atoms. The quantitative estimate of drug-likeness (QED) is 0.601. The number of hydrogen-bond acceptors (Lipinski definition) is 3. The van der Waals surface area contributed by atoms with Gasteiger partial charge in [0.1, 0.15) is 0 Å². The first-order chi connectivity index (χ1) is 11.1. The van der Waals surface area contributed by atoms with Crippen molar-refractivity contribution in [2.75, 3.05) is 27.2 Å². The molecule has 24 heavy (non-hydrogen) atoms. The molecule has 2 atom stereocenters. The zero-order valence-corrected chi connectivity index (χ0v) is 16.1. The second-order valence-electron chi connectivity index (χ2n) is 7.45. The molecule has 0 bridgehead atoms. The van der Waals surface area contributed by atoms with Crippen LogP contribution >= 0.6 is 0 Å². The van der Waals surface area contributed by atoms with Crippen LogP contribution in [0.2, 0.25) is 0 Å². The van der Waals surface area contributed by atoms with Gasteiger partial charge in [0.25, 0.3) is 0 Å². The second-order valence-corrected chi connectivity index (χ2v) is 7.45. The minimum absolute atomic E-state index is 0.00764. The first-order valence-corrected chi connectivity index (χ1v) is 8.85. The van der Waals surface area contributed by atoms with Gasteiger partial charge >= 0.3 is 0 Å². The van der Waals surface area contributed by atoms with Crippen LogP contribution in [0.25, 0.3) is 0 Å². The largest absolute Gasteiger partial charge is 0.356 e. The van der Waals surface area contributed by atoms with Gasteiger partial charge in [0.15, 0.2) is 0 Å². The van der Waals surface area contributed by atoms with Crippen molar-refractivity contribution in [2.45, 2.75) is 53.4 Å². The highest BCUT2D eigenvalue weighted by Gasteiger charge is 2.13. The lowest BCUT2D eigenvalue weighted by molar-refractivity contribution is -0.129. The van der Waals surface area contributed by atoms with E-state index >= 15 is 0 Å². The lowest BCUT2D eigenvalue weighted by Crippen LogP contribution is -2.33. The number of nitrogens with zero attached hydrogens (tertiary/aromatic N) is 1. The summed E-state index contributed by atoms with van der Waals surface area (Å²) in [6, 6.07) is 0. The second kappa shape index (κ2) is 11.9. The van der Waals surface area contributed by atoms with Crippen LogP contribution in [0.15, 0.2) is 0 Å². The van der Waals surface area contributed by atoms with Crippen LogP contribution < -0.4 is 10.6 Å². The van der Waals surface area contributed by atoms with Gasteiger partial charge in [-0.15, -0.1) is 0 Å². The summed E-state index contributed by atoms with van der Waals surface area (Å²) >= 11 is 0. The van der Waals surface area contributed by atoms with E-state index in [1.165, 1.54) is 0 Å². The predicted molar refractivity (Wildman–Crippen MR) is 96.3 cm³/mol. The Kier molecular flexibility index (Phi) is 11.1. The van der Waals surface area contributed by atoms with Crippen LogP contribution in [0.3, 0.4) is 0 Å². The molecule has 0 radical (unpaired) electrons. The fourth-order valence-electron chi connectivity index (χ4n) is 2.23. The zero-order chi connectivity index (χ0) is 18.7. The molecule has 3 amide bonds. The summed E-state index contributed by atoms with van der Waals surface area (Å²) in [6.45, 7) is 9.07. The van der Waals surface area contributed by atoms with Crippen LogP contribution in [0.5, 0.6) is 0 Å². The van der Waals surface area contributed by atoms with Gasteiger partial charge in [0.05, 0.1) is 0 Å². The SMILES string of the molecule is CC(C)CC(=O)NCC(C)CC(=O)NCCC(C)CC(=O)N(C)C. The molecule has 2 unspecified atom stereocenters. The van der Waals surface area contributed by atoms with Crippen molar-refractivity contribution in [3.63, 3.8) is 0 Å². The molecule has 2 N–H and O–H groups in total. The van der Waals surface area contributed by atoms with Gasteiger partial charge < -0.3 is 15.5 Å². The number of carbonyl (C=O) groups is 3. The van der Waals surface area contributed by atoms with Crippen LogP contribution in [0.4, 0.5) is 0 Å². The summed E-state index contributed by atoms with van der Waals surface area (Å²) in [4.78, 5) is 36.7. The van der Waals surface area contributed by atoms with E-state index in [0.29, 0.717) is 38.3 Å². The first-order valence-electron chi connectivity index (χ1n) is 8.85. The molecule has 0 saturated heterocycles. The van der Waals surface area contributed by atoms with Crippen molar-refractivity contribution in [3.8, 4) is 0 Å². The molecule has 0 aliphatic carbocycles. The molecule has 0 aliphatic rings. The Labute approximate surface area is 146 Å². The Bertz CT molecular complexity index is 408. The van der Waals surface area contributed by atoms with E-state index in [9.17, 15) is 14.4 Å². The molecule has 0 heterocycles. The summed E-state index contributed by atoms with van der Waals surface area (Å²) in [7, 11) is 3.50. The van der Waals surface area contributed by atoms with Gasteiger partial charge in [-0.3, -0.25) is 14.4 Å². The number of carbonyl (C=O) groups excluding carboxylic acids is 3. The first kappa shape index (κ1) is 22.4. The van der Waals surface area contributed by atoms with Crippen molar-refractivity contribution < 1.29 is 14.4 Å². The van der Waals surface area contributed by atoms with Gasteiger partial charge in [-0.25, -0.2) is 0 Å². The Hall–Kier alpha value is -1.59. The number of amides is 3. The topological polar surface area (TPSA) is 78.5 Å². The number of rotatable bonds is 11. The van der Waals surface area contributed by atoms with Gasteiger partial charge in [-0.2, -0.15) is 0 Å². The summed E-state index contributed by atoms with van der Waals surface area (Å²) in [5, 5.41) is 5.75. The molecule has 140 valence electrons. The lowest BCUT2D eigenvalue weighted by Gasteiger charge is -2.16. The van der Waals surface area contributed by atoms with Crippen molar-refractivity contribution in [1.29, 1.82) is 0 Å². The summed E-state index contributed by atoms with van der Waals surface area (Å²) in [5.74, 6) is 0.828. The number of nitrogens with one attached hydrogen (secondary N) is 2. The highest BCUT2D eigenvalue weighted by Crippen LogP contribution is 2.08. The van der Waals surface area contributed by atoms with Gasteiger partial charge in [0.2, 0.25) is 17.7 Å². The van der Waals surface area contributed by atoms with Gasteiger partial charge in [-0.1, -0.05) is 27.7 Å². The van der Waals surface area contributed by atoms with Crippen molar-refractivity contribution in [3.05, 3.63) is 0 Å². The third-order valence-corrected chi connectivity index (χ3v) is 3.76. The maximum Gasteiger partial charge on any atom is 0.222 e. The Balaban J connectivity index is 3.85. The minimum Gasteiger partial charge on any atom is -0.356 e. The molecule has 0 rings (SSSR count). The maximum atomic E-state index is 11.9. The highest BCUT2D eigenvalue weighted by atomic mass is 16.2. The molecule has 6 heteroatoms. The summed E-state index contributed by atoms with van der Waals surface area (Å²) in [5.41, 5.74) is 0. The van der Waals surface area contributed by atoms with E-state index in [1.807, 2.05) is 27.7 Å². The smallest absolute Gasteiger partial charge is 0.222 e. The monoisotopic (exact) mass is 341 g/mol. The molecule has 0 fully saturated rings. The molecule has 0 saturated carbocycles. The van der Waals surface area contributed by atoms with E-state index < -0.39 is 0 Å². The van der Waals surface area contributed by atoms with Gasteiger partial charge in [-0.05, 0) is 24.2 Å². The highest BCUT2D eigenvalue weighted by molar-refractivity contribution is 5.77. The molecule has 6 nitrogen and oxygen atoms in total. The van der Waals surface area contributed by atoms with E-state index in [1.54, 1.807) is 19.0 Å². The van der Waals surface area contributed by atoms with Crippen LogP contribution in [0.1, 0.15) is 53.4 Å². The average Bonchev–Trinajstić information content (AvgIpc) is 2.44. The van der Waals surface area contributed by atoms with Crippen LogP contribution in [-0.4, -0.2) is 49.8 Å². The average molecular weight is 341 g/mol. The molecule has 0 aromatic heterocycles. The van der Waals surface area contributed by atoms with Crippen molar-refractivity contribution in [1.82, 2.24) is 15.5 Å². The van der Waals surface area contributed by atoms with E-state index in [-0.39, 0.29) is 29.6 Å². The zero-order valence-electron chi connectivity index (χ0n) is 16.1. The summed E-state index contributed by atoms with van der Waals surface area (Å²) < 4.78 is 0. The van der Waals surface area contributed by atoms with Gasteiger partial charge in [0, 0.05) is 46.4 Å². The standard InChI is InChI=1S/C18H35N3O3/c1-13(2)9-16(22)20-12-15(4)10-17(23)19-8-7-14(3)11-18(24)21(5)6/h13-15H,7-12H2,1-6H3,(H,19,23)(H,20,22). The lowest BCUT2D eigenvalue weighted by atomic mass is 10.0. The predicted octanol–water partition coefficient (Wildman–Crippen LogP) is 1.80. The Morgan fingerprint density at radius 1 is 0.833 bits per heavy atom. The third kappa shape index (κ3) is 11.9. The molecular formula is C18H35N3O3. The van der Waals surface area contributed by atoms with E-state index in [2.05, 4.69) is 10.6 Å². The maximum absolute atomic E-state index is 11.9. The van der Waals surface area contributed by atoms with Crippen LogP contribution in [-0.2, 0) is 14.4 Å². The number of hydrogen-bond donors (Lipinski definition) is 2. The summed E-state index contributed by atoms with van der Waals surface area (Å²) in [6.07, 6.45) is 2.20. The third-order valence-electron chi connectivity index (χ3n) is 3.76. The minimum atomic E-state index is -0.00764. The normalized spacial score (nSPS) is 13.3. The van der Waals surface area contributed by atoms with E-state index in [0.717, 1.165) is 6.42 Å². The molecular weight excluding hydrogens is 306 g/mol. The van der Waals surface area contributed by atoms with Crippen molar-refractivity contribution in [2.24, 2.45) is 17.8 Å². The fraction of sp³-hybridized carbons (Fsp3) is 0.833. The van der Waals surface area contributed by atoms with Crippen molar-refractivity contribution >= 4 is 17.7 Å².